The van der Waals surface area contributed by atoms with Crippen molar-refractivity contribution in [3.05, 3.63) is 64.7 Å². The predicted molar refractivity (Wildman–Crippen MR) is 99.1 cm³/mol. The molecule has 3 rings (SSSR count). The number of carbonyl (C=O) groups is 1. The molecule has 0 radical (unpaired) electrons. The molecule has 0 aliphatic rings. The highest BCUT2D eigenvalue weighted by Crippen LogP contribution is 2.30. The van der Waals surface area contributed by atoms with Gasteiger partial charge in [-0.25, -0.2) is 4.79 Å². The van der Waals surface area contributed by atoms with Crippen molar-refractivity contribution in [2.75, 3.05) is 0 Å². The molecule has 0 atom stereocenters. The summed E-state index contributed by atoms with van der Waals surface area (Å²) in [4.78, 5) is 10.9. The van der Waals surface area contributed by atoms with Crippen molar-refractivity contribution in [1.29, 1.82) is 0 Å². The van der Waals surface area contributed by atoms with E-state index in [1.807, 2.05) is 47.9 Å². The molecule has 1 aromatic heterocycles. The van der Waals surface area contributed by atoms with E-state index in [1.54, 1.807) is 23.9 Å². The lowest BCUT2D eigenvalue weighted by Crippen LogP contribution is -2.00. The standard InChI is InChI=1S/C18H16ClN3O2S/c1-2-22-16(14-5-3-4-6-15(14)19)20-21-18(22)25-11-12-7-9-13(10-8-12)17(23)24/h3-10H,2,11H2,1H3,(H,23,24). The van der Waals surface area contributed by atoms with Gasteiger partial charge >= 0.3 is 5.97 Å². The fourth-order valence-electron chi connectivity index (χ4n) is 2.41. The van der Waals surface area contributed by atoms with Crippen LogP contribution in [0.5, 0.6) is 0 Å². The van der Waals surface area contributed by atoms with Crippen LogP contribution in [-0.2, 0) is 12.3 Å². The van der Waals surface area contributed by atoms with Crippen LogP contribution in [0.25, 0.3) is 11.4 Å². The van der Waals surface area contributed by atoms with Crippen LogP contribution in [0, 0.1) is 0 Å². The number of benzene rings is 2. The van der Waals surface area contributed by atoms with Gasteiger partial charge < -0.3 is 9.67 Å². The molecule has 0 amide bonds. The van der Waals surface area contributed by atoms with Gasteiger partial charge in [-0.15, -0.1) is 10.2 Å². The lowest BCUT2D eigenvalue weighted by atomic mass is 10.1. The first-order valence-corrected chi connectivity index (χ1v) is 9.09. The van der Waals surface area contributed by atoms with Gasteiger partial charge in [0, 0.05) is 17.9 Å². The molecule has 2 aromatic carbocycles. The highest BCUT2D eigenvalue weighted by molar-refractivity contribution is 7.98. The topological polar surface area (TPSA) is 68.0 Å². The summed E-state index contributed by atoms with van der Waals surface area (Å²) in [6.45, 7) is 2.77. The fraction of sp³-hybridized carbons (Fsp3) is 0.167. The number of halogens is 1. The molecule has 128 valence electrons. The summed E-state index contributed by atoms with van der Waals surface area (Å²) in [6, 6.07) is 14.4. The van der Waals surface area contributed by atoms with Gasteiger partial charge in [-0.1, -0.05) is 47.6 Å². The van der Waals surface area contributed by atoms with Gasteiger partial charge in [0.2, 0.25) is 0 Å². The van der Waals surface area contributed by atoms with Gasteiger partial charge in [0.1, 0.15) is 0 Å². The van der Waals surface area contributed by atoms with Crippen molar-refractivity contribution in [3.8, 4) is 11.4 Å². The molecular formula is C18H16ClN3O2S. The maximum absolute atomic E-state index is 10.9. The molecule has 1 N–H and O–H groups in total. The smallest absolute Gasteiger partial charge is 0.335 e. The second kappa shape index (κ2) is 7.72. The molecule has 1 heterocycles. The molecule has 0 saturated carbocycles. The third kappa shape index (κ3) is 3.86. The number of carboxylic acids is 1. The quantitative estimate of drug-likeness (QED) is 0.639. The summed E-state index contributed by atoms with van der Waals surface area (Å²) in [7, 11) is 0. The van der Waals surface area contributed by atoms with Gasteiger partial charge in [0.25, 0.3) is 0 Å². The average Bonchev–Trinajstić information content (AvgIpc) is 3.03. The van der Waals surface area contributed by atoms with Gasteiger partial charge in [0.15, 0.2) is 11.0 Å². The molecule has 0 unspecified atom stereocenters. The molecule has 7 heteroatoms. The first-order chi connectivity index (χ1) is 12.1. The Bertz CT molecular complexity index is 894. The summed E-state index contributed by atoms with van der Waals surface area (Å²) in [5, 5.41) is 19.0. The Morgan fingerprint density at radius 3 is 2.52 bits per heavy atom. The van der Waals surface area contributed by atoms with Gasteiger partial charge in [0.05, 0.1) is 10.6 Å². The average molecular weight is 374 g/mol. The van der Waals surface area contributed by atoms with E-state index in [9.17, 15) is 4.79 Å². The third-order valence-electron chi connectivity index (χ3n) is 3.72. The number of thioether (sulfide) groups is 1. The highest BCUT2D eigenvalue weighted by Gasteiger charge is 2.15. The van der Waals surface area contributed by atoms with E-state index in [-0.39, 0.29) is 5.56 Å². The third-order valence-corrected chi connectivity index (χ3v) is 5.08. The monoisotopic (exact) mass is 373 g/mol. The van der Waals surface area contributed by atoms with Crippen molar-refractivity contribution < 1.29 is 9.90 Å². The number of hydrogen-bond donors (Lipinski definition) is 1. The Labute approximate surface area is 154 Å². The minimum Gasteiger partial charge on any atom is -0.478 e. The van der Waals surface area contributed by atoms with Crippen LogP contribution < -0.4 is 0 Å². The summed E-state index contributed by atoms with van der Waals surface area (Å²) < 4.78 is 2.03. The summed E-state index contributed by atoms with van der Waals surface area (Å²) in [5.74, 6) is 0.506. The molecule has 3 aromatic rings. The Kier molecular flexibility index (Phi) is 5.40. The zero-order valence-corrected chi connectivity index (χ0v) is 15.1. The summed E-state index contributed by atoms with van der Waals surface area (Å²) in [6.07, 6.45) is 0. The van der Waals surface area contributed by atoms with Crippen molar-refractivity contribution >= 4 is 29.3 Å². The van der Waals surface area contributed by atoms with E-state index < -0.39 is 5.97 Å². The Morgan fingerprint density at radius 1 is 1.16 bits per heavy atom. The molecule has 0 fully saturated rings. The molecule has 0 aliphatic carbocycles. The van der Waals surface area contributed by atoms with Crippen molar-refractivity contribution in [3.63, 3.8) is 0 Å². The molecule has 5 nitrogen and oxygen atoms in total. The predicted octanol–water partition coefficient (Wildman–Crippen LogP) is 4.61. The first kappa shape index (κ1) is 17.5. The van der Waals surface area contributed by atoms with Crippen LogP contribution in [0.2, 0.25) is 5.02 Å². The van der Waals surface area contributed by atoms with E-state index >= 15 is 0 Å². The second-order valence-electron chi connectivity index (χ2n) is 5.32. The minimum absolute atomic E-state index is 0.284. The zero-order chi connectivity index (χ0) is 17.8. The van der Waals surface area contributed by atoms with Gasteiger partial charge in [-0.2, -0.15) is 0 Å². The van der Waals surface area contributed by atoms with Crippen LogP contribution in [-0.4, -0.2) is 25.8 Å². The molecule has 0 spiro atoms. The zero-order valence-electron chi connectivity index (χ0n) is 13.5. The SMILES string of the molecule is CCn1c(SCc2ccc(C(=O)O)cc2)nnc1-c1ccccc1Cl. The Hall–Kier alpha value is -2.31. The number of nitrogens with zero attached hydrogens (tertiary/aromatic N) is 3. The maximum Gasteiger partial charge on any atom is 0.335 e. The Balaban J connectivity index is 1.79. The van der Waals surface area contributed by atoms with E-state index in [2.05, 4.69) is 10.2 Å². The molecular weight excluding hydrogens is 358 g/mol. The van der Waals surface area contributed by atoms with E-state index in [0.717, 1.165) is 28.7 Å². The number of hydrogen-bond acceptors (Lipinski definition) is 4. The molecule has 0 aliphatic heterocycles. The van der Waals surface area contributed by atoms with Crippen molar-refractivity contribution in [2.45, 2.75) is 24.4 Å². The van der Waals surface area contributed by atoms with Crippen LogP contribution in [0.1, 0.15) is 22.8 Å². The summed E-state index contributed by atoms with van der Waals surface area (Å²) >= 11 is 7.83. The maximum atomic E-state index is 10.9. The van der Waals surface area contributed by atoms with Crippen LogP contribution >= 0.6 is 23.4 Å². The van der Waals surface area contributed by atoms with Crippen molar-refractivity contribution in [1.82, 2.24) is 14.8 Å². The lowest BCUT2D eigenvalue weighted by Gasteiger charge is -2.08. The van der Waals surface area contributed by atoms with Crippen LogP contribution in [0.15, 0.2) is 53.7 Å². The number of rotatable bonds is 6. The van der Waals surface area contributed by atoms with Crippen LogP contribution in [0.3, 0.4) is 0 Å². The first-order valence-electron chi connectivity index (χ1n) is 7.73. The lowest BCUT2D eigenvalue weighted by molar-refractivity contribution is 0.0697. The molecule has 0 saturated heterocycles. The highest BCUT2D eigenvalue weighted by atomic mass is 35.5. The van der Waals surface area contributed by atoms with E-state index in [1.165, 1.54) is 0 Å². The second-order valence-corrected chi connectivity index (χ2v) is 6.67. The largest absolute Gasteiger partial charge is 0.478 e. The number of carboxylic acid groups (broad SMARTS) is 1. The number of aromatic nitrogens is 3. The van der Waals surface area contributed by atoms with Gasteiger partial charge in [-0.05, 0) is 36.8 Å². The van der Waals surface area contributed by atoms with Crippen LogP contribution in [0.4, 0.5) is 0 Å². The normalized spacial score (nSPS) is 10.8. The van der Waals surface area contributed by atoms with E-state index in [4.69, 9.17) is 16.7 Å². The van der Waals surface area contributed by atoms with Gasteiger partial charge in [-0.3, -0.25) is 0 Å². The molecule has 25 heavy (non-hydrogen) atoms. The fourth-order valence-corrected chi connectivity index (χ4v) is 3.59. The molecule has 0 bridgehead atoms. The number of aromatic carboxylic acids is 1. The van der Waals surface area contributed by atoms with E-state index in [0.29, 0.717) is 10.8 Å². The van der Waals surface area contributed by atoms with Crippen molar-refractivity contribution in [2.24, 2.45) is 0 Å². The minimum atomic E-state index is -0.922. The summed E-state index contributed by atoms with van der Waals surface area (Å²) in [5.41, 5.74) is 2.17. The Morgan fingerprint density at radius 2 is 1.88 bits per heavy atom.